The average Bonchev–Trinajstić information content (AvgIpc) is 2.98. The molecule has 0 spiro atoms. The topological polar surface area (TPSA) is 65.7 Å². The number of aliphatic imine (C=N–C) groups is 1. The van der Waals surface area contributed by atoms with Crippen LogP contribution in [-0.2, 0) is 6.54 Å². The Kier molecular flexibility index (Phi) is 5.76. The Morgan fingerprint density at radius 3 is 2.71 bits per heavy atom. The first kappa shape index (κ1) is 19.8. The van der Waals surface area contributed by atoms with Gasteiger partial charge >= 0.3 is 0 Å². The summed E-state index contributed by atoms with van der Waals surface area (Å²) in [5.74, 6) is 0.887. The van der Waals surface area contributed by atoms with Gasteiger partial charge in [-0.15, -0.1) is 0 Å². The van der Waals surface area contributed by atoms with Gasteiger partial charge in [-0.25, -0.2) is 8.10 Å². The molecule has 1 unspecified atom stereocenters. The molecule has 1 saturated heterocycles. The van der Waals surface area contributed by atoms with Crippen molar-refractivity contribution in [3.05, 3.63) is 35.0 Å². The summed E-state index contributed by atoms with van der Waals surface area (Å²) in [6.07, 6.45) is 4.31. The van der Waals surface area contributed by atoms with E-state index in [0.29, 0.717) is 19.0 Å². The Labute approximate surface area is 180 Å². The summed E-state index contributed by atoms with van der Waals surface area (Å²) in [4.78, 5) is 9.59. The van der Waals surface area contributed by atoms with Gasteiger partial charge in [0.25, 0.3) is 0 Å². The summed E-state index contributed by atoms with van der Waals surface area (Å²) < 4.78 is 4.54. The van der Waals surface area contributed by atoms with E-state index in [9.17, 15) is 5.11 Å². The van der Waals surface area contributed by atoms with Crippen LogP contribution in [0.25, 0.3) is 11.0 Å². The summed E-state index contributed by atoms with van der Waals surface area (Å²) in [7, 11) is 0. The number of aliphatic hydroxyl groups is 1. The maximum absolute atomic E-state index is 10.5. The Balaban J connectivity index is 1.72. The Morgan fingerprint density at radius 1 is 1.21 bits per heavy atom. The Hall–Kier alpha value is -1.45. The van der Waals surface area contributed by atoms with Crippen LogP contribution in [0.5, 0.6) is 0 Å². The normalized spacial score (nSPS) is 21.7. The van der Waals surface area contributed by atoms with Crippen molar-refractivity contribution in [2.24, 2.45) is 4.99 Å². The second-order valence-electron chi connectivity index (χ2n) is 8.00. The number of halogens is 1. The standard InChI is InChI=1S/C21H28IN5O/c1-13-10-14(2)20-18(11-13)27(12-17-19(28)5-4-15(3)23-17)21(25-20)24-16-6-8-26(22)9-7-16/h4,10-11,16,19,28H,5-9,12H2,1-3H3,(H,24,25). The maximum Gasteiger partial charge on any atom is 0.204 e. The highest BCUT2D eigenvalue weighted by Crippen LogP contribution is 2.27. The third-order valence-electron chi connectivity index (χ3n) is 5.62. The van der Waals surface area contributed by atoms with Crippen LogP contribution in [0, 0.1) is 13.8 Å². The summed E-state index contributed by atoms with van der Waals surface area (Å²) >= 11 is 2.40. The fraction of sp³-hybridized carbons (Fsp3) is 0.524. The second-order valence-corrected chi connectivity index (χ2v) is 9.36. The second kappa shape index (κ2) is 8.12. The Morgan fingerprint density at radius 2 is 1.96 bits per heavy atom. The molecule has 6 nitrogen and oxygen atoms in total. The van der Waals surface area contributed by atoms with Gasteiger partial charge in [0.15, 0.2) is 0 Å². The molecule has 0 radical (unpaired) electrons. The number of rotatable bonds is 4. The third-order valence-corrected chi connectivity index (χ3v) is 6.59. The average molecular weight is 493 g/mol. The molecule has 0 aliphatic carbocycles. The lowest BCUT2D eigenvalue weighted by Gasteiger charge is -2.28. The molecule has 3 heterocycles. The van der Waals surface area contributed by atoms with Gasteiger partial charge < -0.3 is 15.0 Å². The zero-order valence-electron chi connectivity index (χ0n) is 16.7. The van der Waals surface area contributed by atoms with Crippen LogP contribution in [0.2, 0.25) is 0 Å². The van der Waals surface area contributed by atoms with Crippen molar-refractivity contribution in [2.75, 3.05) is 18.4 Å². The number of benzene rings is 1. The van der Waals surface area contributed by atoms with Gasteiger partial charge in [-0.3, -0.25) is 4.99 Å². The zero-order chi connectivity index (χ0) is 19.8. The van der Waals surface area contributed by atoms with Gasteiger partial charge in [0.2, 0.25) is 5.95 Å². The van der Waals surface area contributed by atoms with Gasteiger partial charge in [-0.05, 0) is 57.2 Å². The smallest absolute Gasteiger partial charge is 0.204 e. The quantitative estimate of drug-likeness (QED) is 0.500. The van der Waals surface area contributed by atoms with Crippen LogP contribution < -0.4 is 5.32 Å². The largest absolute Gasteiger partial charge is 0.387 e. The molecule has 0 amide bonds. The van der Waals surface area contributed by atoms with E-state index in [2.05, 4.69) is 66.8 Å². The molecule has 7 heteroatoms. The molecule has 2 N–H and O–H groups in total. The number of piperidine rings is 1. The van der Waals surface area contributed by atoms with Crippen molar-refractivity contribution in [3.8, 4) is 0 Å². The first-order chi connectivity index (χ1) is 13.4. The number of allylic oxidation sites excluding steroid dienone is 1. The van der Waals surface area contributed by atoms with Gasteiger partial charge in [-0.1, -0.05) is 12.1 Å². The number of hydrogen-bond acceptors (Lipinski definition) is 5. The SMILES string of the molecule is CC1=CCC(O)C(Cn2c(NC3CCN(I)CC3)nc3c(C)cc(C)cc32)=N1. The Bertz CT molecular complexity index is 940. The van der Waals surface area contributed by atoms with E-state index in [-0.39, 0.29) is 0 Å². The first-order valence-corrected chi connectivity index (χ1v) is 10.9. The molecule has 28 heavy (non-hydrogen) atoms. The predicted octanol–water partition coefficient (Wildman–Crippen LogP) is 3.99. The fourth-order valence-electron chi connectivity index (χ4n) is 4.08. The van der Waals surface area contributed by atoms with Gasteiger partial charge in [0.1, 0.15) is 0 Å². The van der Waals surface area contributed by atoms with Gasteiger partial charge in [0, 0.05) is 47.7 Å². The first-order valence-electron chi connectivity index (χ1n) is 9.97. The summed E-state index contributed by atoms with van der Waals surface area (Å²) in [5.41, 5.74) is 6.31. The number of hydrogen-bond donors (Lipinski definition) is 2. The van der Waals surface area contributed by atoms with Crippen LogP contribution in [-0.4, -0.2) is 48.7 Å². The van der Waals surface area contributed by atoms with E-state index in [1.807, 2.05) is 13.0 Å². The summed E-state index contributed by atoms with van der Waals surface area (Å²) in [6.45, 7) is 8.96. The number of fused-ring (bicyclic) bond motifs is 1. The van der Waals surface area contributed by atoms with Crippen LogP contribution in [0.3, 0.4) is 0 Å². The highest BCUT2D eigenvalue weighted by Gasteiger charge is 2.23. The molecule has 2 aliphatic heterocycles. The fourth-order valence-corrected chi connectivity index (χ4v) is 4.64. The van der Waals surface area contributed by atoms with Gasteiger partial charge in [-0.2, -0.15) is 0 Å². The maximum atomic E-state index is 10.5. The van der Waals surface area contributed by atoms with Crippen LogP contribution in [0.1, 0.15) is 37.3 Å². The van der Waals surface area contributed by atoms with E-state index in [0.717, 1.165) is 54.3 Å². The van der Waals surface area contributed by atoms with E-state index in [4.69, 9.17) is 4.98 Å². The van der Waals surface area contributed by atoms with Crippen molar-refractivity contribution in [1.82, 2.24) is 12.7 Å². The number of aromatic nitrogens is 2. The lowest BCUT2D eigenvalue weighted by atomic mass is 10.1. The van der Waals surface area contributed by atoms with E-state index >= 15 is 0 Å². The van der Waals surface area contributed by atoms with Crippen LogP contribution in [0.4, 0.5) is 5.95 Å². The van der Waals surface area contributed by atoms with Crippen molar-refractivity contribution in [2.45, 2.75) is 58.7 Å². The number of nitrogens with zero attached hydrogens (tertiary/aromatic N) is 4. The van der Waals surface area contributed by atoms with Crippen LogP contribution in [0.15, 0.2) is 28.9 Å². The predicted molar refractivity (Wildman–Crippen MR) is 123 cm³/mol. The molecule has 1 aromatic heterocycles. The van der Waals surface area contributed by atoms with Crippen molar-refractivity contribution in [3.63, 3.8) is 0 Å². The monoisotopic (exact) mass is 493 g/mol. The van der Waals surface area contributed by atoms with Crippen molar-refractivity contribution in [1.29, 1.82) is 0 Å². The highest BCUT2D eigenvalue weighted by molar-refractivity contribution is 14.1. The van der Waals surface area contributed by atoms with Crippen molar-refractivity contribution < 1.29 is 5.11 Å². The number of nitrogens with one attached hydrogen (secondary N) is 1. The molecule has 2 aliphatic rings. The molecule has 4 rings (SSSR count). The minimum atomic E-state index is -0.526. The highest BCUT2D eigenvalue weighted by atomic mass is 127. The minimum Gasteiger partial charge on any atom is -0.387 e. The number of aryl methyl sites for hydroxylation is 2. The molecule has 1 atom stereocenters. The van der Waals surface area contributed by atoms with E-state index in [1.54, 1.807) is 0 Å². The number of imidazole rings is 1. The van der Waals surface area contributed by atoms with E-state index in [1.165, 1.54) is 11.1 Å². The molecule has 0 bridgehead atoms. The van der Waals surface area contributed by atoms with E-state index < -0.39 is 6.10 Å². The molecule has 150 valence electrons. The van der Waals surface area contributed by atoms with Crippen molar-refractivity contribution >= 4 is 45.6 Å². The number of anilines is 1. The summed E-state index contributed by atoms with van der Waals surface area (Å²) in [5, 5.41) is 14.2. The number of aliphatic hydroxyl groups excluding tert-OH is 1. The lowest BCUT2D eigenvalue weighted by molar-refractivity contribution is 0.239. The molecular formula is C21H28IN5O. The van der Waals surface area contributed by atoms with Gasteiger partial charge in [0.05, 0.1) is 29.4 Å². The molecule has 1 fully saturated rings. The molecular weight excluding hydrogens is 465 g/mol. The minimum absolute atomic E-state index is 0.419. The van der Waals surface area contributed by atoms with Crippen LogP contribution >= 0.6 is 22.9 Å². The zero-order valence-corrected chi connectivity index (χ0v) is 18.9. The molecule has 0 saturated carbocycles. The third kappa shape index (κ3) is 4.11. The molecule has 2 aromatic rings. The summed E-state index contributed by atoms with van der Waals surface area (Å²) in [6, 6.07) is 4.78. The lowest BCUT2D eigenvalue weighted by Crippen LogP contribution is -2.35. The molecule has 1 aromatic carbocycles.